The third-order valence-corrected chi connectivity index (χ3v) is 5.36. The maximum absolute atomic E-state index is 12.7. The summed E-state index contributed by atoms with van der Waals surface area (Å²) in [7, 11) is 0. The van der Waals surface area contributed by atoms with Gasteiger partial charge in [-0.15, -0.1) is 0 Å². The highest BCUT2D eigenvalue weighted by Crippen LogP contribution is 2.33. The van der Waals surface area contributed by atoms with Crippen LogP contribution in [-0.4, -0.2) is 34.8 Å². The number of ether oxygens (including phenoxy) is 3. The Bertz CT molecular complexity index is 1130. The van der Waals surface area contributed by atoms with Crippen LogP contribution in [0.15, 0.2) is 48.5 Å². The molecule has 7 nitrogen and oxygen atoms in total. The Hall–Kier alpha value is -3.58. The molecule has 0 spiro atoms. The minimum atomic E-state index is -0.577. The van der Waals surface area contributed by atoms with E-state index < -0.39 is 5.97 Å². The predicted octanol–water partition coefficient (Wildman–Crippen LogP) is 3.41. The smallest absolute Gasteiger partial charge is 0.338 e. The Labute approximate surface area is 179 Å². The molecule has 2 heterocycles. The lowest BCUT2D eigenvalue weighted by molar-refractivity contribution is 0.0474. The number of aromatic nitrogens is 1. The zero-order valence-electron chi connectivity index (χ0n) is 17.4. The summed E-state index contributed by atoms with van der Waals surface area (Å²) in [5, 5.41) is 9.08. The molecular formula is C24H23NO6. The average Bonchev–Trinajstić information content (AvgIpc) is 3.36. The second-order valence-corrected chi connectivity index (χ2v) is 7.41. The standard InChI is InChI=1S/C24H23NO6/c1-15-9-20(21(27)13-29-24(28)19-6-3-17(12-26)4-7-19)16(2)25(15)11-18-5-8-22-23(10-18)31-14-30-22/h3-10,26H,11-14H2,1-2H3. The van der Waals surface area contributed by atoms with Gasteiger partial charge in [0.15, 0.2) is 18.1 Å². The highest BCUT2D eigenvalue weighted by atomic mass is 16.7. The molecule has 4 rings (SSSR count). The SMILES string of the molecule is Cc1cc(C(=O)COC(=O)c2ccc(CO)cc2)c(C)n1Cc1ccc2c(c1)OCO2. The summed E-state index contributed by atoms with van der Waals surface area (Å²) in [6, 6.07) is 14.0. The molecule has 0 amide bonds. The third kappa shape index (κ3) is 4.32. The van der Waals surface area contributed by atoms with Crippen LogP contribution in [0.25, 0.3) is 0 Å². The molecule has 0 radical (unpaired) electrons. The maximum Gasteiger partial charge on any atom is 0.338 e. The number of rotatable bonds is 7. The van der Waals surface area contributed by atoms with E-state index in [0.29, 0.717) is 23.2 Å². The van der Waals surface area contributed by atoms with Crippen LogP contribution in [-0.2, 0) is 17.9 Å². The Morgan fingerprint density at radius 2 is 1.71 bits per heavy atom. The van der Waals surface area contributed by atoms with Crippen molar-refractivity contribution in [2.75, 3.05) is 13.4 Å². The van der Waals surface area contributed by atoms with Crippen LogP contribution in [0.4, 0.5) is 0 Å². The lowest BCUT2D eigenvalue weighted by atomic mass is 10.1. The minimum absolute atomic E-state index is 0.101. The molecule has 0 aliphatic carbocycles. The first-order valence-electron chi connectivity index (χ1n) is 9.91. The molecule has 1 aromatic heterocycles. The Kier molecular flexibility index (Phi) is 5.77. The summed E-state index contributed by atoms with van der Waals surface area (Å²) in [6.45, 7) is 4.18. The molecule has 0 fully saturated rings. The van der Waals surface area contributed by atoms with Crippen molar-refractivity contribution in [3.8, 4) is 11.5 Å². The Balaban J connectivity index is 1.43. The van der Waals surface area contributed by atoms with Crippen molar-refractivity contribution in [1.29, 1.82) is 0 Å². The van der Waals surface area contributed by atoms with Gasteiger partial charge in [0, 0.05) is 23.5 Å². The van der Waals surface area contributed by atoms with Gasteiger partial charge in [-0.25, -0.2) is 4.79 Å². The largest absolute Gasteiger partial charge is 0.454 e. The molecule has 0 unspecified atom stereocenters. The second-order valence-electron chi connectivity index (χ2n) is 7.41. The van der Waals surface area contributed by atoms with Crippen molar-refractivity contribution in [2.45, 2.75) is 27.0 Å². The van der Waals surface area contributed by atoms with Gasteiger partial charge in [-0.2, -0.15) is 0 Å². The molecule has 1 aliphatic rings. The number of carbonyl (C=O) groups excluding carboxylic acids is 2. The number of fused-ring (bicyclic) bond motifs is 1. The van der Waals surface area contributed by atoms with E-state index in [-0.39, 0.29) is 25.8 Å². The molecule has 0 saturated heterocycles. The van der Waals surface area contributed by atoms with Crippen molar-refractivity contribution < 1.29 is 28.9 Å². The summed E-state index contributed by atoms with van der Waals surface area (Å²) in [4.78, 5) is 24.9. The first-order chi connectivity index (χ1) is 15.0. The number of nitrogens with zero attached hydrogens (tertiary/aromatic N) is 1. The molecule has 7 heteroatoms. The number of hydrogen-bond acceptors (Lipinski definition) is 6. The van der Waals surface area contributed by atoms with E-state index in [4.69, 9.17) is 19.3 Å². The van der Waals surface area contributed by atoms with Crippen LogP contribution in [0.2, 0.25) is 0 Å². The summed E-state index contributed by atoms with van der Waals surface area (Å²) < 4.78 is 18.0. The quantitative estimate of drug-likeness (QED) is 0.465. The summed E-state index contributed by atoms with van der Waals surface area (Å²) >= 11 is 0. The van der Waals surface area contributed by atoms with Gasteiger partial charge in [0.25, 0.3) is 0 Å². The van der Waals surface area contributed by atoms with Crippen molar-refractivity contribution in [1.82, 2.24) is 4.57 Å². The fourth-order valence-electron chi connectivity index (χ4n) is 3.59. The summed E-state index contributed by atoms with van der Waals surface area (Å²) in [5.41, 5.74) is 4.33. The summed E-state index contributed by atoms with van der Waals surface area (Å²) in [6.07, 6.45) is 0. The monoisotopic (exact) mass is 421 g/mol. The van der Waals surface area contributed by atoms with Crippen LogP contribution in [0, 0.1) is 13.8 Å². The Morgan fingerprint density at radius 3 is 2.45 bits per heavy atom. The molecule has 0 bridgehead atoms. The number of aliphatic hydroxyl groups is 1. The number of benzene rings is 2. The zero-order valence-corrected chi connectivity index (χ0v) is 17.4. The van der Waals surface area contributed by atoms with E-state index in [1.54, 1.807) is 24.3 Å². The number of aliphatic hydroxyl groups excluding tert-OH is 1. The zero-order chi connectivity index (χ0) is 22.0. The number of Topliss-reactive ketones (excluding diaryl/α,β-unsaturated/α-hetero) is 1. The second kappa shape index (κ2) is 8.65. The number of esters is 1. The van der Waals surface area contributed by atoms with Crippen molar-refractivity contribution in [2.24, 2.45) is 0 Å². The van der Waals surface area contributed by atoms with Gasteiger partial charge in [0.2, 0.25) is 12.6 Å². The molecule has 0 atom stereocenters. The van der Waals surface area contributed by atoms with E-state index in [1.807, 2.05) is 42.7 Å². The number of hydrogen-bond donors (Lipinski definition) is 1. The molecule has 160 valence electrons. The number of carbonyl (C=O) groups is 2. The fourth-order valence-corrected chi connectivity index (χ4v) is 3.59. The van der Waals surface area contributed by atoms with Gasteiger partial charge in [-0.1, -0.05) is 18.2 Å². The maximum atomic E-state index is 12.7. The van der Waals surface area contributed by atoms with Gasteiger partial charge in [-0.3, -0.25) is 4.79 Å². The highest BCUT2D eigenvalue weighted by Gasteiger charge is 2.19. The Morgan fingerprint density at radius 1 is 1.00 bits per heavy atom. The van der Waals surface area contributed by atoms with Gasteiger partial charge >= 0.3 is 5.97 Å². The average molecular weight is 421 g/mol. The number of aryl methyl sites for hydroxylation is 1. The van der Waals surface area contributed by atoms with Crippen molar-refractivity contribution in [3.63, 3.8) is 0 Å². The first kappa shape index (κ1) is 20.7. The van der Waals surface area contributed by atoms with E-state index in [2.05, 4.69) is 0 Å². The van der Waals surface area contributed by atoms with E-state index in [0.717, 1.165) is 28.5 Å². The van der Waals surface area contributed by atoms with Gasteiger partial charge in [0.1, 0.15) is 0 Å². The van der Waals surface area contributed by atoms with Crippen LogP contribution in [0.3, 0.4) is 0 Å². The van der Waals surface area contributed by atoms with Crippen LogP contribution >= 0.6 is 0 Å². The lowest BCUT2D eigenvalue weighted by Gasteiger charge is -2.11. The number of ketones is 1. The van der Waals surface area contributed by atoms with Crippen LogP contribution < -0.4 is 9.47 Å². The topological polar surface area (TPSA) is 87.0 Å². The van der Waals surface area contributed by atoms with Crippen LogP contribution in [0.1, 0.15) is 43.2 Å². The van der Waals surface area contributed by atoms with E-state index in [9.17, 15) is 9.59 Å². The molecule has 3 aromatic rings. The van der Waals surface area contributed by atoms with Crippen LogP contribution in [0.5, 0.6) is 11.5 Å². The predicted molar refractivity (Wildman–Crippen MR) is 113 cm³/mol. The normalized spacial score (nSPS) is 12.1. The molecule has 0 saturated carbocycles. The van der Waals surface area contributed by atoms with Gasteiger partial charge in [0.05, 0.1) is 12.2 Å². The van der Waals surface area contributed by atoms with Gasteiger partial charge < -0.3 is 23.9 Å². The minimum Gasteiger partial charge on any atom is -0.454 e. The van der Waals surface area contributed by atoms with Crippen molar-refractivity contribution in [3.05, 3.63) is 82.2 Å². The molecule has 1 aliphatic heterocycles. The lowest BCUT2D eigenvalue weighted by Crippen LogP contribution is -2.15. The molecule has 1 N–H and O–H groups in total. The van der Waals surface area contributed by atoms with E-state index >= 15 is 0 Å². The molecular weight excluding hydrogens is 398 g/mol. The molecule has 2 aromatic carbocycles. The third-order valence-electron chi connectivity index (χ3n) is 5.36. The highest BCUT2D eigenvalue weighted by molar-refractivity contribution is 6.00. The van der Waals surface area contributed by atoms with Crippen molar-refractivity contribution >= 4 is 11.8 Å². The fraction of sp³-hybridized carbons (Fsp3) is 0.250. The molecule has 31 heavy (non-hydrogen) atoms. The summed E-state index contributed by atoms with van der Waals surface area (Å²) in [5.74, 6) is 0.612. The first-order valence-corrected chi connectivity index (χ1v) is 9.91. The van der Waals surface area contributed by atoms with E-state index in [1.165, 1.54) is 0 Å². The van der Waals surface area contributed by atoms with Gasteiger partial charge in [-0.05, 0) is 55.3 Å².